The zero-order valence-electron chi connectivity index (χ0n) is 45.4. The Morgan fingerprint density at radius 3 is 1.95 bits per heavy atom. The van der Waals surface area contributed by atoms with Gasteiger partial charge in [0.2, 0.25) is 0 Å². The van der Waals surface area contributed by atoms with Crippen molar-refractivity contribution in [2.24, 2.45) is 5.41 Å². The summed E-state index contributed by atoms with van der Waals surface area (Å²) in [7, 11) is 0. The van der Waals surface area contributed by atoms with E-state index in [9.17, 15) is 0 Å². The molecular weight excluding hydrogens is 952 g/mol. The molecule has 10 aromatic rings. The maximum atomic E-state index is 9.02. The second-order valence-corrected chi connectivity index (χ2v) is 17.4. The van der Waals surface area contributed by atoms with E-state index in [1.807, 2.05) is 66.9 Å². The smallest absolute Gasteiger partial charge is 0.268 e. The van der Waals surface area contributed by atoms with Crippen LogP contribution < -0.4 is 9.30 Å². The fraction of sp³-hybridized carbons (Fsp3) is 0.158. The van der Waals surface area contributed by atoms with Crippen molar-refractivity contribution in [3.8, 4) is 50.9 Å². The largest absolute Gasteiger partial charge is 0.510 e. The second kappa shape index (κ2) is 15.1. The summed E-state index contributed by atoms with van der Waals surface area (Å²) in [4.78, 5) is 5.11. The average molecular weight is 1010 g/mol. The molecule has 312 valence electrons. The first-order valence-corrected chi connectivity index (χ1v) is 20.6. The third kappa shape index (κ3) is 6.23. The molecule has 7 aromatic carbocycles. The molecule has 0 saturated heterocycles. The van der Waals surface area contributed by atoms with Crippen molar-refractivity contribution in [2.45, 2.75) is 52.4 Å². The summed E-state index contributed by atoms with van der Waals surface area (Å²) < 4.78 is 99.1. The molecule has 0 N–H and O–H groups in total. The minimum atomic E-state index is -0.570. The first-order chi connectivity index (χ1) is 34.2. The Labute approximate surface area is 397 Å². The summed E-state index contributed by atoms with van der Waals surface area (Å²) in [6.45, 7) is 13.9. The van der Waals surface area contributed by atoms with Crippen LogP contribution in [0.2, 0.25) is 0 Å². The van der Waals surface area contributed by atoms with Gasteiger partial charge in [-0.15, -0.1) is 29.7 Å². The van der Waals surface area contributed by atoms with Crippen LogP contribution in [0, 0.1) is 23.9 Å². The molecule has 3 aromatic heterocycles. The van der Waals surface area contributed by atoms with Crippen molar-refractivity contribution in [3.63, 3.8) is 0 Å². The number of pyridine rings is 1. The Balaban J connectivity index is 0.00000611. The zero-order chi connectivity index (χ0) is 51.1. The van der Waals surface area contributed by atoms with Crippen LogP contribution in [0.4, 0.5) is 0 Å². The minimum absolute atomic E-state index is 0. The van der Waals surface area contributed by atoms with E-state index in [0.717, 1.165) is 27.6 Å². The zero-order valence-corrected chi connectivity index (χ0v) is 37.7. The standard InChI is InChI=1S/C57H46N4O.Pt/c1-55(2)47-35-53(58-36-48(47)56(3,4)57(55,5)6)61-49-28-14-13-25-45(49)46-32-31-42(34-52(46)61)62-41-24-17-23-40(33-41)59-37-60(51-30-16-15-29-50(51)59)54-43(38-19-9-7-10-20-38)26-18-27-44(54)39-21-11-8-12-22-39;/h7-32,35-36H,1-6H3;/q-2;/i7D,8D,9D,10D,11D,12D,19D,20D,21D,22D;. The molecule has 11 rings (SSSR count). The van der Waals surface area contributed by atoms with Gasteiger partial charge in [0.15, 0.2) is 0 Å². The molecule has 63 heavy (non-hydrogen) atoms. The molecule has 6 heteroatoms. The van der Waals surface area contributed by atoms with E-state index in [4.69, 9.17) is 23.4 Å². The third-order valence-electron chi connectivity index (χ3n) is 13.7. The number of ether oxygens (including phenoxy) is 1. The predicted molar refractivity (Wildman–Crippen MR) is 251 cm³/mol. The van der Waals surface area contributed by atoms with Gasteiger partial charge in [-0.2, -0.15) is 18.2 Å². The first kappa shape index (κ1) is 30.5. The van der Waals surface area contributed by atoms with Crippen LogP contribution in [-0.2, 0) is 31.9 Å². The Kier molecular flexibility index (Phi) is 7.29. The van der Waals surface area contributed by atoms with Crippen molar-refractivity contribution in [2.75, 3.05) is 0 Å². The van der Waals surface area contributed by atoms with Gasteiger partial charge in [-0.1, -0.05) is 168 Å². The number of hydrogen-bond donors (Lipinski definition) is 0. The Bertz CT molecular complexity index is 3830. The second-order valence-electron chi connectivity index (χ2n) is 17.4. The molecule has 0 saturated carbocycles. The predicted octanol–water partition coefficient (Wildman–Crippen LogP) is 13.5. The van der Waals surface area contributed by atoms with E-state index in [0.29, 0.717) is 28.2 Å². The summed E-state index contributed by atoms with van der Waals surface area (Å²) in [5.41, 5.74) is 5.87. The van der Waals surface area contributed by atoms with Crippen LogP contribution in [0.1, 0.15) is 66.4 Å². The van der Waals surface area contributed by atoms with E-state index < -0.39 is 60.4 Å². The van der Waals surface area contributed by atoms with E-state index in [2.05, 4.69) is 82.8 Å². The van der Waals surface area contributed by atoms with Crippen molar-refractivity contribution in [1.82, 2.24) is 14.1 Å². The van der Waals surface area contributed by atoms with Gasteiger partial charge in [-0.25, -0.2) is 4.98 Å². The van der Waals surface area contributed by atoms with Gasteiger partial charge in [0.25, 0.3) is 6.33 Å². The molecule has 0 bridgehead atoms. The molecule has 0 unspecified atom stereocenters. The maximum absolute atomic E-state index is 9.02. The fourth-order valence-electron chi connectivity index (χ4n) is 9.31. The number of benzene rings is 7. The van der Waals surface area contributed by atoms with Crippen LogP contribution >= 0.6 is 0 Å². The van der Waals surface area contributed by atoms with Gasteiger partial charge in [-0.3, -0.25) is 4.57 Å². The van der Waals surface area contributed by atoms with Crippen LogP contribution in [0.25, 0.3) is 72.3 Å². The number of hydrogen-bond acceptors (Lipinski definition) is 2. The van der Waals surface area contributed by atoms with Crippen LogP contribution in [0.5, 0.6) is 11.5 Å². The minimum Gasteiger partial charge on any atom is -0.510 e. The van der Waals surface area contributed by atoms with Gasteiger partial charge in [0.05, 0.1) is 30.4 Å². The molecule has 1 aliphatic carbocycles. The summed E-state index contributed by atoms with van der Waals surface area (Å²) in [6, 6.07) is 33.6. The molecule has 3 heterocycles. The maximum Gasteiger partial charge on any atom is 0.268 e. The van der Waals surface area contributed by atoms with Crippen LogP contribution in [0.3, 0.4) is 0 Å². The van der Waals surface area contributed by atoms with Crippen LogP contribution in [-0.4, -0.2) is 14.1 Å². The Morgan fingerprint density at radius 2 is 1.24 bits per heavy atom. The molecular formula is C57H46N4OPt-2. The van der Waals surface area contributed by atoms with Gasteiger partial charge in [0.1, 0.15) is 5.82 Å². The number of nitrogens with zero attached hydrogens (tertiary/aromatic N) is 4. The van der Waals surface area contributed by atoms with Gasteiger partial charge in [-0.05, 0) is 72.8 Å². The Hall–Kier alpha value is -6.55. The summed E-state index contributed by atoms with van der Waals surface area (Å²) in [5, 5.41) is 2.04. The van der Waals surface area contributed by atoms with Gasteiger partial charge >= 0.3 is 0 Å². The summed E-state index contributed by atoms with van der Waals surface area (Å²) >= 11 is 0. The number of rotatable bonds is 7. The van der Waals surface area contributed by atoms with E-state index >= 15 is 0 Å². The number of para-hydroxylation sites is 4. The fourth-order valence-corrected chi connectivity index (χ4v) is 9.31. The van der Waals surface area contributed by atoms with Crippen molar-refractivity contribution in [1.29, 1.82) is 0 Å². The van der Waals surface area contributed by atoms with Gasteiger partial charge in [0, 0.05) is 44.3 Å². The van der Waals surface area contributed by atoms with Crippen molar-refractivity contribution < 1.29 is 44.1 Å². The molecule has 0 spiro atoms. The quantitative estimate of drug-likeness (QED) is 0.118. The van der Waals surface area contributed by atoms with Crippen molar-refractivity contribution in [3.05, 3.63) is 199 Å². The van der Waals surface area contributed by atoms with Gasteiger partial charge < -0.3 is 13.9 Å². The van der Waals surface area contributed by atoms with E-state index in [1.54, 1.807) is 33.4 Å². The molecule has 0 atom stereocenters. The van der Waals surface area contributed by atoms with E-state index in [-0.39, 0.29) is 65.3 Å². The molecule has 0 aliphatic heterocycles. The number of imidazole rings is 1. The average Bonchev–Trinajstić information content (AvgIpc) is 3.95. The molecule has 1 aliphatic rings. The topological polar surface area (TPSA) is 35.9 Å². The molecule has 0 amide bonds. The molecule has 0 radical (unpaired) electrons. The molecule has 0 fully saturated rings. The van der Waals surface area contributed by atoms with E-state index in [1.165, 1.54) is 11.1 Å². The monoisotopic (exact) mass is 1010 g/mol. The number of aromatic nitrogens is 4. The number of fused-ring (bicyclic) bond motifs is 5. The molecule has 5 nitrogen and oxygen atoms in total. The Morgan fingerprint density at radius 1 is 0.619 bits per heavy atom. The summed E-state index contributed by atoms with van der Waals surface area (Å²) in [5.74, 6) is 1.59. The third-order valence-corrected chi connectivity index (χ3v) is 13.7. The van der Waals surface area contributed by atoms with Crippen molar-refractivity contribution >= 4 is 32.8 Å². The first-order valence-electron chi connectivity index (χ1n) is 25.6. The SMILES string of the molecule is [2H]c1c([2H])c([2H])c(-c2cccc(-c3c([2H])c([2H])c([2H])c([2H])c3[2H])c2-[n+]2[c-]n(-c3[c-]c(Oc4[c-]c5c(cc4)c4ccccc4n5-c4cc5c(cn4)C(C)(C)C(C)(C)C5(C)C)ccc3)c3ccccc32)c([2H])c1[2H].[Pt]. The summed E-state index contributed by atoms with van der Waals surface area (Å²) in [6.07, 6.45) is 5.45. The normalized spacial score (nSPS) is 17.0. The van der Waals surface area contributed by atoms with Crippen LogP contribution in [0.15, 0.2) is 170 Å².